The van der Waals surface area contributed by atoms with Crippen molar-refractivity contribution in [1.82, 2.24) is 4.98 Å². The van der Waals surface area contributed by atoms with Crippen LogP contribution >= 0.6 is 11.3 Å². The smallest absolute Gasteiger partial charge is 0.301 e. The van der Waals surface area contributed by atoms with E-state index in [-0.39, 0.29) is 11.3 Å². The summed E-state index contributed by atoms with van der Waals surface area (Å²) >= 11 is 1.28. The van der Waals surface area contributed by atoms with E-state index >= 15 is 0 Å². The normalized spacial score (nSPS) is 17.2. The van der Waals surface area contributed by atoms with Crippen LogP contribution in [0.3, 0.4) is 0 Å². The van der Waals surface area contributed by atoms with Crippen molar-refractivity contribution >= 4 is 44.1 Å². The van der Waals surface area contributed by atoms with Gasteiger partial charge in [-0.1, -0.05) is 53.3 Å². The van der Waals surface area contributed by atoms with E-state index in [4.69, 9.17) is 9.47 Å². The molecule has 7 nitrogen and oxygen atoms in total. The summed E-state index contributed by atoms with van der Waals surface area (Å²) in [4.78, 5) is 32.7. The third kappa shape index (κ3) is 3.91. The molecule has 1 amide bonds. The molecule has 0 saturated carbocycles. The van der Waals surface area contributed by atoms with Crippen molar-refractivity contribution in [2.24, 2.45) is 0 Å². The number of Topliss-reactive ketones (excluding diaryl/α,β-unsaturated/α-hetero) is 1. The number of hydrogen-bond acceptors (Lipinski definition) is 7. The van der Waals surface area contributed by atoms with Crippen LogP contribution in [0.1, 0.15) is 22.7 Å². The first-order valence-corrected chi connectivity index (χ1v) is 11.7. The summed E-state index contributed by atoms with van der Waals surface area (Å²) < 4.78 is 11.5. The third-order valence-electron chi connectivity index (χ3n) is 5.97. The minimum Gasteiger partial charge on any atom is -0.507 e. The fraction of sp³-hybridized carbons (Fsp3) is 0.148. The Morgan fingerprint density at radius 2 is 1.69 bits per heavy atom. The summed E-state index contributed by atoms with van der Waals surface area (Å²) in [7, 11) is 3.12. The molecule has 176 valence electrons. The molecule has 1 unspecified atom stereocenters. The Bertz CT molecular complexity index is 1490. The molecule has 4 aromatic rings. The number of anilines is 1. The van der Waals surface area contributed by atoms with Gasteiger partial charge in [-0.2, -0.15) is 0 Å². The predicted molar refractivity (Wildman–Crippen MR) is 135 cm³/mol. The zero-order valence-corrected chi connectivity index (χ0v) is 20.1. The van der Waals surface area contributed by atoms with E-state index in [0.29, 0.717) is 33.3 Å². The van der Waals surface area contributed by atoms with Crippen molar-refractivity contribution in [3.8, 4) is 11.5 Å². The summed E-state index contributed by atoms with van der Waals surface area (Å²) in [6.07, 6.45) is 0. The molecule has 1 fully saturated rings. The summed E-state index contributed by atoms with van der Waals surface area (Å²) in [5, 5.41) is 11.6. The number of thiazole rings is 1. The van der Waals surface area contributed by atoms with Crippen LogP contribution in [-0.4, -0.2) is 36.0 Å². The van der Waals surface area contributed by atoms with Crippen molar-refractivity contribution < 1.29 is 24.2 Å². The van der Waals surface area contributed by atoms with Gasteiger partial charge >= 0.3 is 5.91 Å². The lowest BCUT2D eigenvalue weighted by Crippen LogP contribution is -2.29. The van der Waals surface area contributed by atoms with Crippen molar-refractivity contribution in [1.29, 1.82) is 0 Å². The maximum absolute atomic E-state index is 13.4. The molecular formula is C27H22N2O5S. The van der Waals surface area contributed by atoms with Gasteiger partial charge in [0.1, 0.15) is 17.3 Å². The summed E-state index contributed by atoms with van der Waals surface area (Å²) in [5.41, 5.74) is 2.76. The first-order chi connectivity index (χ1) is 16.9. The SMILES string of the molecule is COc1cccc(C2/C(=C(\O)c3ccc(C)cc3)C(=O)C(=O)N2c2nc3ccc(OC)cc3s2)c1. The Labute approximate surface area is 205 Å². The third-order valence-corrected chi connectivity index (χ3v) is 6.99. The second-order valence-electron chi connectivity index (χ2n) is 8.14. The largest absolute Gasteiger partial charge is 0.507 e. The molecule has 0 radical (unpaired) electrons. The molecule has 0 bridgehead atoms. The molecule has 5 rings (SSSR count). The number of benzene rings is 3. The number of carbonyl (C=O) groups is 2. The van der Waals surface area contributed by atoms with Gasteiger partial charge in [-0.25, -0.2) is 4.98 Å². The summed E-state index contributed by atoms with van der Waals surface area (Å²) in [6.45, 7) is 1.93. The molecule has 1 saturated heterocycles. The highest BCUT2D eigenvalue weighted by atomic mass is 32.1. The second-order valence-corrected chi connectivity index (χ2v) is 9.15. The average molecular weight is 487 g/mol. The number of hydrogen-bond donors (Lipinski definition) is 1. The van der Waals surface area contributed by atoms with Crippen LogP contribution < -0.4 is 14.4 Å². The number of carbonyl (C=O) groups excluding carboxylic acids is 2. The first kappa shape index (κ1) is 22.6. The fourth-order valence-electron chi connectivity index (χ4n) is 4.15. The minimum absolute atomic E-state index is 0.00365. The molecule has 1 N–H and O–H groups in total. The number of nitrogens with zero attached hydrogens (tertiary/aromatic N) is 2. The highest BCUT2D eigenvalue weighted by Crippen LogP contribution is 2.45. The number of amides is 1. The molecule has 0 spiro atoms. The Kier molecular flexibility index (Phi) is 5.74. The van der Waals surface area contributed by atoms with Crippen LogP contribution in [0, 0.1) is 6.92 Å². The van der Waals surface area contributed by atoms with E-state index in [2.05, 4.69) is 4.98 Å². The van der Waals surface area contributed by atoms with Crippen molar-refractivity contribution in [3.05, 3.63) is 89.0 Å². The van der Waals surface area contributed by atoms with Gasteiger partial charge in [-0.3, -0.25) is 14.5 Å². The van der Waals surface area contributed by atoms with Gasteiger partial charge in [0.25, 0.3) is 5.78 Å². The monoisotopic (exact) mass is 486 g/mol. The Hall–Kier alpha value is -4.17. The number of ketones is 1. The first-order valence-electron chi connectivity index (χ1n) is 10.9. The number of fused-ring (bicyclic) bond motifs is 1. The molecule has 1 aliphatic rings. The molecule has 1 aliphatic heterocycles. The minimum atomic E-state index is -0.881. The van der Waals surface area contributed by atoms with Gasteiger partial charge in [0.2, 0.25) is 0 Å². The van der Waals surface area contributed by atoms with E-state index in [1.165, 1.54) is 16.2 Å². The van der Waals surface area contributed by atoms with Crippen LogP contribution in [0.5, 0.6) is 11.5 Å². The number of aliphatic hydroxyl groups is 1. The van der Waals surface area contributed by atoms with Gasteiger partial charge in [-0.05, 0) is 42.8 Å². The molecular weight excluding hydrogens is 464 g/mol. The van der Waals surface area contributed by atoms with Gasteiger partial charge in [0.05, 0.1) is 36.1 Å². The van der Waals surface area contributed by atoms with E-state index in [1.807, 2.05) is 25.1 Å². The summed E-state index contributed by atoms with van der Waals surface area (Å²) in [6, 6.07) is 18.8. The molecule has 2 heterocycles. The van der Waals surface area contributed by atoms with E-state index in [1.54, 1.807) is 62.8 Å². The number of aryl methyl sites for hydroxylation is 1. The number of aromatic nitrogens is 1. The highest BCUT2D eigenvalue weighted by molar-refractivity contribution is 7.22. The second kappa shape index (κ2) is 8.88. The van der Waals surface area contributed by atoms with E-state index in [0.717, 1.165) is 10.3 Å². The Morgan fingerprint density at radius 1 is 0.971 bits per heavy atom. The lowest BCUT2D eigenvalue weighted by molar-refractivity contribution is -0.132. The van der Waals surface area contributed by atoms with Crippen molar-refractivity contribution in [2.45, 2.75) is 13.0 Å². The van der Waals surface area contributed by atoms with Crippen molar-refractivity contribution in [3.63, 3.8) is 0 Å². The Balaban J connectivity index is 1.72. The number of rotatable bonds is 5. The van der Waals surface area contributed by atoms with Gasteiger partial charge in [-0.15, -0.1) is 0 Å². The maximum atomic E-state index is 13.4. The van der Waals surface area contributed by atoms with Crippen LogP contribution in [0.25, 0.3) is 16.0 Å². The predicted octanol–water partition coefficient (Wildman–Crippen LogP) is 5.25. The van der Waals surface area contributed by atoms with Crippen LogP contribution in [0.2, 0.25) is 0 Å². The lowest BCUT2D eigenvalue weighted by Gasteiger charge is -2.23. The highest BCUT2D eigenvalue weighted by Gasteiger charge is 2.48. The average Bonchev–Trinajstić information content (AvgIpc) is 3.41. The van der Waals surface area contributed by atoms with Crippen LogP contribution in [0.15, 0.2) is 72.3 Å². The van der Waals surface area contributed by atoms with Gasteiger partial charge in [0.15, 0.2) is 5.13 Å². The lowest BCUT2D eigenvalue weighted by atomic mass is 9.95. The van der Waals surface area contributed by atoms with Gasteiger partial charge in [0, 0.05) is 5.56 Å². The molecule has 3 aromatic carbocycles. The molecule has 8 heteroatoms. The standard InChI is InChI=1S/C27H22N2O5S/c1-15-7-9-16(10-8-15)24(30)22-23(17-5-4-6-18(13-17)33-2)29(26(32)25(22)31)27-28-20-12-11-19(34-3)14-21(20)35-27/h4-14,23,30H,1-3H3/b24-22+. The van der Waals surface area contributed by atoms with Crippen LogP contribution in [0.4, 0.5) is 5.13 Å². The molecule has 0 aliphatic carbocycles. The zero-order chi connectivity index (χ0) is 24.7. The number of methoxy groups -OCH3 is 2. The molecule has 35 heavy (non-hydrogen) atoms. The zero-order valence-electron chi connectivity index (χ0n) is 19.3. The number of ether oxygens (including phenoxy) is 2. The quantitative estimate of drug-likeness (QED) is 0.236. The van der Waals surface area contributed by atoms with Crippen molar-refractivity contribution in [2.75, 3.05) is 19.1 Å². The van der Waals surface area contributed by atoms with E-state index in [9.17, 15) is 14.7 Å². The fourth-order valence-corrected chi connectivity index (χ4v) is 5.17. The van der Waals surface area contributed by atoms with E-state index < -0.39 is 17.7 Å². The van der Waals surface area contributed by atoms with Crippen LogP contribution in [-0.2, 0) is 9.59 Å². The molecule has 1 aromatic heterocycles. The maximum Gasteiger partial charge on any atom is 0.301 e. The Morgan fingerprint density at radius 3 is 2.40 bits per heavy atom. The molecule has 1 atom stereocenters. The topological polar surface area (TPSA) is 89.0 Å². The summed E-state index contributed by atoms with van der Waals surface area (Å²) in [5.74, 6) is -0.525. The van der Waals surface area contributed by atoms with Gasteiger partial charge < -0.3 is 14.6 Å². The number of aliphatic hydroxyl groups excluding tert-OH is 1.